The maximum absolute atomic E-state index is 13.0. The van der Waals surface area contributed by atoms with Gasteiger partial charge in [-0.3, -0.25) is 0 Å². The third-order valence-corrected chi connectivity index (χ3v) is 2.90. The zero-order valence-corrected chi connectivity index (χ0v) is 10.4. The van der Waals surface area contributed by atoms with E-state index in [1.807, 2.05) is 6.07 Å². The van der Waals surface area contributed by atoms with Crippen molar-refractivity contribution >= 4 is 21.6 Å². The molecule has 0 amide bonds. The molecule has 0 spiro atoms. The van der Waals surface area contributed by atoms with Crippen LogP contribution in [0.2, 0.25) is 0 Å². The molecule has 5 heteroatoms. The molecule has 0 radical (unpaired) electrons. The molecule has 0 fully saturated rings. The number of hydrogen-bond donors (Lipinski definition) is 2. The van der Waals surface area contributed by atoms with Crippen molar-refractivity contribution in [3.63, 3.8) is 0 Å². The van der Waals surface area contributed by atoms with Gasteiger partial charge >= 0.3 is 0 Å². The fraction of sp³-hybridized carbons (Fsp3) is 0.0833. The normalized spacial score (nSPS) is 10.2. The van der Waals surface area contributed by atoms with E-state index in [4.69, 9.17) is 0 Å². The first-order valence-corrected chi connectivity index (χ1v) is 5.78. The maximum atomic E-state index is 13.0. The first-order chi connectivity index (χ1) is 8.16. The Morgan fingerprint density at radius 3 is 2.94 bits per heavy atom. The molecule has 0 aliphatic carbocycles. The van der Waals surface area contributed by atoms with Crippen molar-refractivity contribution in [2.45, 2.75) is 6.54 Å². The number of halogens is 2. The van der Waals surface area contributed by atoms with Crippen LogP contribution < -0.4 is 5.32 Å². The number of phenolic OH excluding ortho intramolecular Hbond substituents is 1. The van der Waals surface area contributed by atoms with E-state index in [2.05, 4.69) is 26.2 Å². The fourth-order valence-corrected chi connectivity index (χ4v) is 1.79. The minimum absolute atomic E-state index is 0.0684. The summed E-state index contributed by atoms with van der Waals surface area (Å²) < 4.78 is 13.7. The minimum atomic E-state index is -0.371. The Bertz CT molecular complexity index is 534. The standard InChI is InChI=1S/C12H10BrFN2O/c13-12-10(2-1-5-15-12)16-7-8-6-9(14)3-4-11(8)17/h1-6,16-17H,7H2. The van der Waals surface area contributed by atoms with Crippen molar-refractivity contribution < 1.29 is 9.50 Å². The lowest BCUT2D eigenvalue weighted by atomic mass is 10.2. The Morgan fingerprint density at radius 1 is 1.35 bits per heavy atom. The Hall–Kier alpha value is -1.62. The lowest BCUT2D eigenvalue weighted by molar-refractivity contribution is 0.466. The molecule has 0 unspecified atom stereocenters. The van der Waals surface area contributed by atoms with Crippen molar-refractivity contribution in [2.75, 3.05) is 5.32 Å². The summed E-state index contributed by atoms with van der Waals surface area (Å²) in [4.78, 5) is 4.05. The molecule has 0 bridgehead atoms. The lowest BCUT2D eigenvalue weighted by Crippen LogP contribution is -2.01. The third kappa shape index (κ3) is 2.94. The molecule has 2 N–H and O–H groups in total. The van der Waals surface area contributed by atoms with Crippen LogP contribution in [0.25, 0.3) is 0 Å². The van der Waals surface area contributed by atoms with Gasteiger partial charge in [-0.2, -0.15) is 0 Å². The zero-order valence-electron chi connectivity index (χ0n) is 8.82. The highest BCUT2D eigenvalue weighted by atomic mass is 79.9. The first kappa shape index (κ1) is 11.9. The summed E-state index contributed by atoms with van der Waals surface area (Å²) in [5, 5.41) is 12.6. The molecule has 0 aliphatic rings. The second-order valence-corrected chi connectivity index (χ2v) is 4.22. The van der Waals surface area contributed by atoms with Crippen LogP contribution in [0.4, 0.5) is 10.1 Å². The van der Waals surface area contributed by atoms with Crippen LogP contribution in [0.3, 0.4) is 0 Å². The van der Waals surface area contributed by atoms with E-state index >= 15 is 0 Å². The summed E-state index contributed by atoms with van der Waals surface area (Å²) in [6.45, 7) is 0.327. The second-order valence-electron chi connectivity index (χ2n) is 3.47. The second kappa shape index (κ2) is 5.14. The summed E-state index contributed by atoms with van der Waals surface area (Å²) in [5.41, 5.74) is 1.29. The van der Waals surface area contributed by atoms with E-state index in [0.29, 0.717) is 16.7 Å². The minimum Gasteiger partial charge on any atom is -0.508 e. The molecule has 1 aromatic heterocycles. The van der Waals surface area contributed by atoms with Crippen LogP contribution in [-0.4, -0.2) is 10.1 Å². The number of nitrogens with zero attached hydrogens (tertiary/aromatic N) is 1. The number of phenols is 1. The third-order valence-electron chi connectivity index (χ3n) is 2.27. The molecular formula is C12H10BrFN2O. The van der Waals surface area contributed by atoms with Gasteiger partial charge < -0.3 is 10.4 Å². The van der Waals surface area contributed by atoms with Gasteiger partial charge in [-0.1, -0.05) is 0 Å². The van der Waals surface area contributed by atoms with Crippen molar-refractivity contribution in [1.29, 1.82) is 0 Å². The van der Waals surface area contributed by atoms with Gasteiger partial charge in [0.1, 0.15) is 16.2 Å². The molecule has 2 rings (SSSR count). The van der Waals surface area contributed by atoms with Crippen LogP contribution in [0.15, 0.2) is 41.1 Å². The van der Waals surface area contributed by atoms with Crippen LogP contribution in [0, 0.1) is 5.82 Å². The Morgan fingerprint density at radius 2 is 2.18 bits per heavy atom. The van der Waals surface area contributed by atoms with E-state index in [1.54, 1.807) is 12.3 Å². The summed E-state index contributed by atoms with van der Waals surface area (Å²) in [6.07, 6.45) is 1.66. The van der Waals surface area contributed by atoms with E-state index in [9.17, 15) is 9.50 Å². The quantitative estimate of drug-likeness (QED) is 0.854. The van der Waals surface area contributed by atoms with Crippen molar-refractivity contribution in [2.24, 2.45) is 0 Å². The molecule has 3 nitrogen and oxygen atoms in total. The number of aromatic nitrogens is 1. The van der Waals surface area contributed by atoms with Crippen LogP contribution >= 0.6 is 15.9 Å². The SMILES string of the molecule is Oc1ccc(F)cc1CNc1cccnc1Br. The predicted octanol–water partition coefficient (Wildman–Crippen LogP) is 3.30. The van der Waals surface area contributed by atoms with E-state index in [1.165, 1.54) is 18.2 Å². The van der Waals surface area contributed by atoms with Gasteiger partial charge in [0, 0.05) is 18.3 Å². The number of aromatic hydroxyl groups is 1. The highest BCUT2D eigenvalue weighted by Crippen LogP contribution is 2.22. The average Bonchev–Trinajstić information content (AvgIpc) is 2.32. The van der Waals surface area contributed by atoms with Crippen molar-refractivity contribution in [1.82, 2.24) is 4.98 Å². The largest absolute Gasteiger partial charge is 0.508 e. The molecule has 1 heterocycles. The monoisotopic (exact) mass is 296 g/mol. The summed E-state index contributed by atoms with van der Waals surface area (Å²) in [5.74, 6) is -0.302. The van der Waals surface area contributed by atoms with Gasteiger partial charge in [0.05, 0.1) is 5.69 Å². The molecule has 0 saturated carbocycles. The Labute approximate surface area is 106 Å². The number of benzene rings is 1. The van der Waals surface area contributed by atoms with Crippen LogP contribution in [0.1, 0.15) is 5.56 Å². The van der Waals surface area contributed by atoms with Gasteiger partial charge in [-0.25, -0.2) is 9.37 Å². The molecule has 2 aromatic rings. The highest BCUT2D eigenvalue weighted by Gasteiger charge is 2.04. The van der Waals surface area contributed by atoms with E-state index in [0.717, 1.165) is 5.69 Å². The van der Waals surface area contributed by atoms with Gasteiger partial charge in [-0.15, -0.1) is 0 Å². The van der Waals surface area contributed by atoms with Crippen molar-refractivity contribution in [3.05, 3.63) is 52.5 Å². The molecule has 17 heavy (non-hydrogen) atoms. The van der Waals surface area contributed by atoms with Gasteiger partial charge in [-0.05, 0) is 46.3 Å². The maximum Gasteiger partial charge on any atom is 0.129 e. The van der Waals surface area contributed by atoms with Gasteiger partial charge in [0.2, 0.25) is 0 Å². The predicted molar refractivity (Wildman–Crippen MR) is 67.3 cm³/mol. The summed E-state index contributed by atoms with van der Waals surface area (Å²) >= 11 is 3.29. The fourth-order valence-electron chi connectivity index (χ4n) is 1.40. The molecule has 1 aromatic carbocycles. The summed E-state index contributed by atoms with van der Waals surface area (Å²) in [7, 11) is 0. The molecule has 88 valence electrons. The first-order valence-electron chi connectivity index (χ1n) is 4.98. The summed E-state index contributed by atoms with van der Waals surface area (Å²) in [6, 6.07) is 7.49. The number of hydrogen-bond acceptors (Lipinski definition) is 3. The number of anilines is 1. The smallest absolute Gasteiger partial charge is 0.129 e. The van der Waals surface area contributed by atoms with Gasteiger partial charge in [0.25, 0.3) is 0 Å². The Balaban J connectivity index is 2.12. The molecule has 0 saturated heterocycles. The Kier molecular flexibility index (Phi) is 3.58. The topological polar surface area (TPSA) is 45.1 Å². The van der Waals surface area contributed by atoms with E-state index in [-0.39, 0.29) is 11.6 Å². The van der Waals surface area contributed by atoms with Crippen molar-refractivity contribution in [3.8, 4) is 5.75 Å². The van der Waals surface area contributed by atoms with Crippen LogP contribution in [0.5, 0.6) is 5.75 Å². The van der Waals surface area contributed by atoms with Gasteiger partial charge in [0.15, 0.2) is 0 Å². The number of nitrogens with one attached hydrogen (secondary N) is 1. The average molecular weight is 297 g/mol. The zero-order chi connectivity index (χ0) is 12.3. The van der Waals surface area contributed by atoms with E-state index < -0.39 is 0 Å². The number of rotatable bonds is 3. The molecule has 0 atom stereocenters. The highest BCUT2D eigenvalue weighted by molar-refractivity contribution is 9.10. The van der Waals surface area contributed by atoms with Crippen LogP contribution in [-0.2, 0) is 6.54 Å². The number of pyridine rings is 1. The molecular weight excluding hydrogens is 287 g/mol. The molecule has 0 aliphatic heterocycles. The lowest BCUT2D eigenvalue weighted by Gasteiger charge is -2.09.